The van der Waals surface area contributed by atoms with E-state index < -0.39 is 20.0 Å². The second-order valence-electron chi connectivity index (χ2n) is 8.87. The zero-order valence-electron chi connectivity index (χ0n) is 18.7. The summed E-state index contributed by atoms with van der Waals surface area (Å²) >= 11 is 0. The molecule has 2 fully saturated rings. The van der Waals surface area contributed by atoms with E-state index in [9.17, 15) is 21.6 Å². The van der Waals surface area contributed by atoms with Crippen LogP contribution in [0.15, 0.2) is 17.0 Å². The molecule has 0 spiro atoms. The van der Waals surface area contributed by atoms with E-state index in [4.69, 9.17) is 0 Å². The molecule has 31 heavy (non-hydrogen) atoms. The van der Waals surface area contributed by atoms with Gasteiger partial charge in [0.25, 0.3) is 0 Å². The van der Waals surface area contributed by atoms with Crippen LogP contribution in [0.1, 0.15) is 42.4 Å². The summed E-state index contributed by atoms with van der Waals surface area (Å²) in [5.41, 5.74) is 2.51. The van der Waals surface area contributed by atoms with Crippen molar-refractivity contribution in [3.63, 3.8) is 0 Å². The van der Waals surface area contributed by atoms with E-state index >= 15 is 0 Å². The maximum Gasteiger partial charge on any atom is 0.243 e. The van der Waals surface area contributed by atoms with Crippen LogP contribution in [0, 0.1) is 26.7 Å². The molecule has 0 saturated carbocycles. The van der Waals surface area contributed by atoms with E-state index in [-0.39, 0.29) is 17.9 Å². The number of hydrogen-bond acceptors (Lipinski definition) is 5. The summed E-state index contributed by atoms with van der Waals surface area (Å²) in [4.78, 5) is 13.1. The number of nitrogens with one attached hydrogen (secondary N) is 1. The maximum atomic E-state index is 13.2. The van der Waals surface area contributed by atoms with Crippen LogP contribution in [-0.2, 0) is 24.8 Å². The Morgan fingerprint density at radius 2 is 1.52 bits per heavy atom. The maximum absolute atomic E-state index is 13.2. The number of aryl methyl sites for hydroxylation is 3. The molecule has 174 valence electrons. The minimum atomic E-state index is -3.61. The summed E-state index contributed by atoms with van der Waals surface area (Å²) in [6.45, 7) is 6.96. The summed E-state index contributed by atoms with van der Waals surface area (Å²) in [5.74, 6) is -0.375. The molecule has 1 aromatic carbocycles. The van der Waals surface area contributed by atoms with Crippen molar-refractivity contribution in [2.24, 2.45) is 5.92 Å². The highest BCUT2D eigenvalue weighted by Gasteiger charge is 2.35. The number of carbonyl (C=O) groups is 1. The van der Waals surface area contributed by atoms with E-state index in [1.54, 1.807) is 0 Å². The lowest BCUT2D eigenvalue weighted by Gasteiger charge is -2.34. The van der Waals surface area contributed by atoms with Gasteiger partial charge in [-0.15, -0.1) is 0 Å². The Hall–Kier alpha value is -1.49. The summed E-state index contributed by atoms with van der Waals surface area (Å²) in [6.07, 6.45) is 3.56. The van der Waals surface area contributed by atoms with Gasteiger partial charge in [-0.25, -0.2) is 21.1 Å². The van der Waals surface area contributed by atoms with Gasteiger partial charge in [-0.2, -0.15) is 4.31 Å². The molecule has 0 aliphatic carbocycles. The standard InChI is InChI=1S/C21H33N3O5S2/c1-15-12-16(2)20(17(3)13-15)31(28,29)23-10-7-18(8-11-23)21(25)22-19-6-5-9-24(14-19)30(4,26)27/h12-13,18-19H,5-11,14H2,1-4H3,(H,22,25). The third kappa shape index (κ3) is 5.47. The first kappa shape index (κ1) is 24.2. The predicted molar refractivity (Wildman–Crippen MR) is 120 cm³/mol. The highest BCUT2D eigenvalue weighted by Crippen LogP contribution is 2.29. The van der Waals surface area contributed by atoms with Crippen molar-refractivity contribution in [1.82, 2.24) is 13.9 Å². The largest absolute Gasteiger partial charge is 0.352 e. The van der Waals surface area contributed by atoms with Crippen LogP contribution in [-0.4, -0.2) is 69.8 Å². The Morgan fingerprint density at radius 3 is 2.06 bits per heavy atom. The highest BCUT2D eigenvalue weighted by atomic mass is 32.2. The van der Waals surface area contributed by atoms with Crippen molar-refractivity contribution >= 4 is 26.0 Å². The van der Waals surface area contributed by atoms with Crippen molar-refractivity contribution in [3.8, 4) is 0 Å². The molecule has 2 aliphatic heterocycles. The van der Waals surface area contributed by atoms with Crippen LogP contribution in [0.4, 0.5) is 0 Å². The van der Waals surface area contributed by atoms with E-state index in [2.05, 4.69) is 5.32 Å². The van der Waals surface area contributed by atoms with Gasteiger partial charge in [-0.3, -0.25) is 4.79 Å². The topological polar surface area (TPSA) is 104 Å². The van der Waals surface area contributed by atoms with Gasteiger partial charge < -0.3 is 5.32 Å². The van der Waals surface area contributed by atoms with Crippen LogP contribution in [0.5, 0.6) is 0 Å². The first-order valence-electron chi connectivity index (χ1n) is 10.7. The monoisotopic (exact) mass is 471 g/mol. The smallest absolute Gasteiger partial charge is 0.243 e. The molecular formula is C21H33N3O5S2. The summed E-state index contributed by atoms with van der Waals surface area (Å²) in [6, 6.07) is 3.56. The SMILES string of the molecule is Cc1cc(C)c(S(=O)(=O)N2CCC(C(=O)NC3CCCN(S(C)(=O)=O)C3)CC2)c(C)c1. The van der Waals surface area contributed by atoms with Crippen molar-refractivity contribution in [3.05, 3.63) is 28.8 Å². The van der Waals surface area contributed by atoms with Crippen LogP contribution in [0.2, 0.25) is 0 Å². The molecule has 2 saturated heterocycles. The van der Waals surface area contributed by atoms with E-state index in [0.29, 0.717) is 50.3 Å². The number of nitrogens with zero attached hydrogens (tertiary/aromatic N) is 2. The fourth-order valence-corrected chi connectivity index (χ4v) is 7.53. The molecule has 10 heteroatoms. The number of piperidine rings is 2. The third-order valence-corrected chi connectivity index (χ3v) is 9.70. The molecule has 1 aromatic rings. The molecule has 0 aromatic heterocycles. The normalized spacial score (nSPS) is 22.4. The van der Waals surface area contributed by atoms with Crippen LogP contribution < -0.4 is 5.32 Å². The quantitative estimate of drug-likeness (QED) is 0.702. The second kappa shape index (κ2) is 9.17. The van der Waals surface area contributed by atoms with Gasteiger partial charge in [-0.1, -0.05) is 17.7 Å². The molecule has 8 nitrogen and oxygen atoms in total. The minimum Gasteiger partial charge on any atom is -0.352 e. The molecule has 1 atom stereocenters. The Bertz CT molecular complexity index is 1020. The molecule has 2 aliphatic rings. The van der Waals surface area contributed by atoms with Crippen LogP contribution in [0.25, 0.3) is 0 Å². The molecule has 1 N–H and O–H groups in total. The predicted octanol–water partition coefficient (Wildman–Crippen LogP) is 1.55. The zero-order valence-corrected chi connectivity index (χ0v) is 20.4. The van der Waals surface area contributed by atoms with E-state index in [0.717, 1.165) is 23.1 Å². The molecule has 1 unspecified atom stereocenters. The van der Waals surface area contributed by atoms with Crippen LogP contribution >= 0.6 is 0 Å². The second-order valence-corrected chi connectivity index (χ2v) is 12.7. The Balaban J connectivity index is 1.61. The lowest BCUT2D eigenvalue weighted by atomic mass is 9.96. The van der Waals surface area contributed by atoms with E-state index in [1.807, 2.05) is 32.9 Å². The van der Waals surface area contributed by atoms with Gasteiger partial charge >= 0.3 is 0 Å². The van der Waals surface area contributed by atoms with Crippen LogP contribution in [0.3, 0.4) is 0 Å². The summed E-state index contributed by atoms with van der Waals surface area (Å²) < 4.78 is 52.9. The number of sulfonamides is 2. The van der Waals surface area contributed by atoms with E-state index in [1.165, 1.54) is 14.9 Å². The number of hydrogen-bond donors (Lipinski definition) is 1. The van der Waals surface area contributed by atoms with Crippen molar-refractivity contribution in [2.75, 3.05) is 32.4 Å². The zero-order chi connectivity index (χ0) is 23.0. The van der Waals surface area contributed by atoms with Crippen molar-refractivity contribution in [2.45, 2.75) is 57.4 Å². The highest BCUT2D eigenvalue weighted by molar-refractivity contribution is 7.89. The fraction of sp³-hybridized carbons (Fsp3) is 0.667. The van der Waals surface area contributed by atoms with Gasteiger partial charge in [0.15, 0.2) is 0 Å². The molecule has 0 bridgehead atoms. The number of amides is 1. The Labute approximate surface area is 186 Å². The number of carbonyl (C=O) groups excluding carboxylic acids is 1. The van der Waals surface area contributed by atoms with Gasteiger partial charge in [0, 0.05) is 38.1 Å². The van der Waals surface area contributed by atoms with Gasteiger partial charge in [-0.05, 0) is 57.6 Å². The average Bonchev–Trinajstić information content (AvgIpc) is 2.66. The molecule has 0 radical (unpaired) electrons. The summed E-state index contributed by atoms with van der Waals surface area (Å²) in [5, 5.41) is 2.99. The van der Waals surface area contributed by atoms with Gasteiger partial charge in [0.1, 0.15) is 0 Å². The number of benzene rings is 1. The first-order valence-corrected chi connectivity index (χ1v) is 14.0. The van der Waals surface area contributed by atoms with Crippen molar-refractivity contribution < 1.29 is 21.6 Å². The molecule has 3 rings (SSSR count). The first-order chi connectivity index (χ1) is 14.4. The van der Waals surface area contributed by atoms with Crippen molar-refractivity contribution in [1.29, 1.82) is 0 Å². The third-order valence-electron chi connectivity index (χ3n) is 6.23. The Kier molecular flexibility index (Phi) is 7.15. The van der Waals surface area contributed by atoms with Gasteiger partial charge in [0.2, 0.25) is 26.0 Å². The lowest BCUT2D eigenvalue weighted by Crippen LogP contribution is -2.51. The molecular weight excluding hydrogens is 438 g/mol. The lowest BCUT2D eigenvalue weighted by molar-refractivity contribution is -0.127. The summed E-state index contributed by atoms with van der Waals surface area (Å²) in [7, 11) is -6.88. The minimum absolute atomic E-state index is 0.111. The molecule has 2 heterocycles. The molecule has 1 amide bonds. The average molecular weight is 472 g/mol. The Morgan fingerprint density at radius 1 is 0.935 bits per heavy atom. The number of rotatable bonds is 5. The fourth-order valence-electron chi connectivity index (χ4n) is 4.74. The van der Waals surface area contributed by atoms with Gasteiger partial charge in [0.05, 0.1) is 11.2 Å².